The lowest BCUT2D eigenvalue weighted by Gasteiger charge is -2.34. The van der Waals surface area contributed by atoms with E-state index in [9.17, 15) is 9.59 Å². The van der Waals surface area contributed by atoms with Gasteiger partial charge in [-0.15, -0.1) is 11.3 Å². The molecule has 1 N–H and O–H groups in total. The zero-order valence-corrected chi connectivity index (χ0v) is 15.2. The molecule has 0 saturated carbocycles. The van der Waals surface area contributed by atoms with Crippen LogP contribution in [0.15, 0.2) is 12.1 Å². The van der Waals surface area contributed by atoms with Gasteiger partial charge in [0.2, 0.25) is 5.91 Å². The molecule has 0 spiro atoms. The summed E-state index contributed by atoms with van der Waals surface area (Å²) in [5.41, 5.74) is 0. The van der Waals surface area contributed by atoms with Gasteiger partial charge in [0, 0.05) is 35.8 Å². The molecule has 1 saturated heterocycles. The van der Waals surface area contributed by atoms with Crippen molar-refractivity contribution in [1.29, 1.82) is 0 Å². The van der Waals surface area contributed by atoms with Gasteiger partial charge in [-0.1, -0.05) is 0 Å². The molecule has 2 rings (SSSR count). The van der Waals surface area contributed by atoms with Crippen LogP contribution in [0.1, 0.15) is 22.6 Å². The van der Waals surface area contributed by atoms with Crippen molar-refractivity contribution in [2.45, 2.75) is 32.3 Å². The Morgan fingerprint density at radius 1 is 1.46 bits per heavy atom. The molecule has 134 valence electrons. The maximum Gasteiger partial charge on any atom is 0.317 e. The number of carboxylic acids is 1. The molecule has 2 heterocycles. The highest BCUT2D eigenvalue weighted by molar-refractivity contribution is 7.11. The number of rotatable bonds is 8. The van der Waals surface area contributed by atoms with Gasteiger partial charge in [0.05, 0.1) is 19.3 Å². The van der Waals surface area contributed by atoms with Crippen LogP contribution < -0.4 is 0 Å². The Bertz CT molecular complexity index is 561. The Balaban J connectivity index is 1.72. The molecule has 0 bridgehead atoms. The number of morpholine rings is 1. The zero-order valence-electron chi connectivity index (χ0n) is 14.4. The summed E-state index contributed by atoms with van der Waals surface area (Å²) in [7, 11) is 1.75. The standard InChI is InChI=1S/C17H26N2O4S/c1-13-6-7-15(24-13)4-3-5-16(20)19-8-9-23-14(11-19)10-18(2)12-17(21)22/h6-7,14H,3-5,8-12H2,1-2H3,(H,21,22)/t14-/m1/s1. The molecule has 1 aliphatic rings. The highest BCUT2D eigenvalue weighted by atomic mass is 32.1. The number of nitrogens with zero attached hydrogens (tertiary/aromatic N) is 2. The molecule has 1 aliphatic heterocycles. The smallest absolute Gasteiger partial charge is 0.317 e. The third-order valence-corrected chi connectivity index (χ3v) is 5.08. The van der Waals surface area contributed by atoms with E-state index in [2.05, 4.69) is 19.1 Å². The van der Waals surface area contributed by atoms with Crippen molar-refractivity contribution in [2.75, 3.05) is 39.8 Å². The summed E-state index contributed by atoms with van der Waals surface area (Å²) in [6, 6.07) is 4.25. The molecule has 6 nitrogen and oxygen atoms in total. The van der Waals surface area contributed by atoms with Crippen molar-refractivity contribution < 1.29 is 19.4 Å². The number of carboxylic acid groups (broad SMARTS) is 1. The van der Waals surface area contributed by atoms with E-state index < -0.39 is 5.97 Å². The molecule has 1 atom stereocenters. The molecule has 7 heteroatoms. The highest BCUT2D eigenvalue weighted by Gasteiger charge is 2.25. The predicted molar refractivity (Wildman–Crippen MR) is 93.4 cm³/mol. The van der Waals surface area contributed by atoms with Crippen LogP contribution in [-0.4, -0.2) is 72.7 Å². The van der Waals surface area contributed by atoms with Gasteiger partial charge < -0.3 is 14.7 Å². The topological polar surface area (TPSA) is 70.1 Å². The molecule has 1 fully saturated rings. The van der Waals surface area contributed by atoms with E-state index in [4.69, 9.17) is 9.84 Å². The second kappa shape index (κ2) is 9.15. The van der Waals surface area contributed by atoms with Crippen LogP contribution in [0.2, 0.25) is 0 Å². The first kappa shape index (κ1) is 18.9. The number of aryl methyl sites for hydroxylation is 2. The van der Waals surface area contributed by atoms with Crippen LogP contribution in [-0.2, 0) is 20.7 Å². The first-order chi connectivity index (χ1) is 11.4. The number of carbonyl (C=O) groups is 2. The van der Waals surface area contributed by atoms with Gasteiger partial charge in [0.25, 0.3) is 0 Å². The van der Waals surface area contributed by atoms with E-state index in [0.29, 0.717) is 32.7 Å². The van der Waals surface area contributed by atoms with Crippen molar-refractivity contribution in [1.82, 2.24) is 9.80 Å². The summed E-state index contributed by atoms with van der Waals surface area (Å²) in [5, 5.41) is 8.80. The van der Waals surface area contributed by atoms with Crippen LogP contribution in [0, 0.1) is 6.92 Å². The first-order valence-corrected chi connectivity index (χ1v) is 9.10. The van der Waals surface area contributed by atoms with Gasteiger partial charge in [0.1, 0.15) is 0 Å². The van der Waals surface area contributed by atoms with E-state index in [-0.39, 0.29) is 18.6 Å². The Labute approximate surface area is 147 Å². The summed E-state index contributed by atoms with van der Waals surface area (Å²) in [4.78, 5) is 29.3. The van der Waals surface area contributed by atoms with Gasteiger partial charge in [0.15, 0.2) is 0 Å². The number of aliphatic carboxylic acids is 1. The predicted octanol–water partition coefficient (Wildman–Crippen LogP) is 1.62. The molecular weight excluding hydrogens is 328 g/mol. The quantitative estimate of drug-likeness (QED) is 0.768. The van der Waals surface area contributed by atoms with Crippen molar-refractivity contribution in [2.24, 2.45) is 0 Å². The van der Waals surface area contributed by atoms with E-state index in [1.807, 2.05) is 4.90 Å². The summed E-state index contributed by atoms with van der Waals surface area (Å²) in [5.74, 6) is -0.692. The minimum atomic E-state index is -0.856. The fourth-order valence-corrected chi connectivity index (χ4v) is 3.82. The minimum absolute atomic E-state index is 0.0198. The average molecular weight is 354 g/mol. The molecule has 1 aromatic rings. The normalized spacial score (nSPS) is 18.1. The van der Waals surface area contributed by atoms with Gasteiger partial charge in [-0.05, 0) is 38.9 Å². The number of likely N-dealkylation sites (N-methyl/N-ethyl adjacent to an activating group) is 1. The summed E-state index contributed by atoms with van der Waals surface area (Å²) in [6.07, 6.45) is 2.24. The van der Waals surface area contributed by atoms with Crippen molar-refractivity contribution in [3.63, 3.8) is 0 Å². The van der Waals surface area contributed by atoms with E-state index in [1.54, 1.807) is 23.3 Å². The van der Waals surface area contributed by atoms with E-state index >= 15 is 0 Å². The first-order valence-electron chi connectivity index (χ1n) is 8.29. The summed E-state index contributed by atoms with van der Waals surface area (Å²) < 4.78 is 5.66. The maximum absolute atomic E-state index is 12.4. The van der Waals surface area contributed by atoms with Crippen LogP contribution >= 0.6 is 11.3 Å². The molecule has 1 amide bonds. The Kier molecular flexibility index (Phi) is 7.20. The highest BCUT2D eigenvalue weighted by Crippen LogP contribution is 2.18. The van der Waals surface area contributed by atoms with Gasteiger partial charge in [-0.25, -0.2) is 0 Å². The van der Waals surface area contributed by atoms with Gasteiger partial charge in [-0.2, -0.15) is 0 Å². The minimum Gasteiger partial charge on any atom is -0.480 e. The third-order valence-electron chi connectivity index (χ3n) is 4.02. The molecule has 0 unspecified atom stereocenters. The van der Waals surface area contributed by atoms with Crippen LogP contribution in [0.25, 0.3) is 0 Å². The lowest BCUT2D eigenvalue weighted by Crippen LogP contribution is -2.49. The largest absolute Gasteiger partial charge is 0.480 e. The second-order valence-corrected chi connectivity index (χ2v) is 7.66. The van der Waals surface area contributed by atoms with Crippen LogP contribution in [0.5, 0.6) is 0 Å². The number of amides is 1. The molecular formula is C17H26N2O4S. The lowest BCUT2D eigenvalue weighted by atomic mass is 10.1. The van der Waals surface area contributed by atoms with E-state index in [1.165, 1.54) is 9.75 Å². The lowest BCUT2D eigenvalue weighted by molar-refractivity contribution is -0.142. The van der Waals surface area contributed by atoms with Crippen LogP contribution in [0.3, 0.4) is 0 Å². The fourth-order valence-electron chi connectivity index (χ4n) is 2.89. The molecule has 0 aromatic carbocycles. The van der Waals surface area contributed by atoms with Gasteiger partial charge in [-0.3, -0.25) is 14.5 Å². The Morgan fingerprint density at radius 3 is 2.92 bits per heavy atom. The summed E-state index contributed by atoms with van der Waals surface area (Å²) in [6.45, 7) is 4.27. The molecule has 1 aromatic heterocycles. The van der Waals surface area contributed by atoms with Crippen molar-refractivity contribution >= 4 is 23.2 Å². The second-order valence-electron chi connectivity index (χ2n) is 6.29. The van der Waals surface area contributed by atoms with E-state index in [0.717, 1.165) is 12.8 Å². The number of ether oxygens (including phenoxy) is 1. The average Bonchev–Trinajstić information content (AvgIpc) is 2.92. The number of hydrogen-bond donors (Lipinski definition) is 1. The van der Waals surface area contributed by atoms with Gasteiger partial charge >= 0.3 is 5.97 Å². The number of thiophene rings is 1. The van der Waals surface area contributed by atoms with Crippen molar-refractivity contribution in [3.05, 3.63) is 21.9 Å². The Morgan fingerprint density at radius 2 is 2.25 bits per heavy atom. The maximum atomic E-state index is 12.4. The molecule has 0 radical (unpaired) electrons. The number of carbonyl (C=O) groups excluding carboxylic acids is 1. The SMILES string of the molecule is Cc1ccc(CCCC(=O)N2CCO[C@H](CN(C)CC(=O)O)C2)s1. The molecule has 0 aliphatic carbocycles. The zero-order chi connectivity index (χ0) is 17.5. The Hall–Kier alpha value is -1.44. The third kappa shape index (κ3) is 6.22. The van der Waals surface area contributed by atoms with Crippen LogP contribution in [0.4, 0.5) is 0 Å². The number of hydrogen-bond acceptors (Lipinski definition) is 5. The molecule has 24 heavy (non-hydrogen) atoms. The van der Waals surface area contributed by atoms with Crippen molar-refractivity contribution in [3.8, 4) is 0 Å². The summed E-state index contributed by atoms with van der Waals surface area (Å²) >= 11 is 1.79. The monoisotopic (exact) mass is 354 g/mol. The fraction of sp³-hybridized carbons (Fsp3) is 0.647.